The van der Waals surface area contributed by atoms with Crippen LogP contribution in [0.25, 0.3) is 0 Å². The van der Waals surface area contributed by atoms with Crippen molar-refractivity contribution in [2.75, 3.05) is 32.8 Å². The normalized spacial score (nSPS) is 15.3. The summed E-state index contributed by atoms with van der Waals surface area (Å²) in [4.78, 5) is 12.0. The Morgan fingerprint density at radius 1 is 1.45 bits per heavy atom. The Morgan fingerprint density at radius 3 is 2.85 bits per heavy atom. The van der Waals surface area contributed by atoms with Crippen molar-refractivity contribution >= 4 is 5.91 Å². The molecule has 1 aliphatic rings. The van der Waals surface area contributed by atoms with E-state index in [1.165, 1.54) is 12.1 Å². The van der Waals surface area contributed by atoms with E-state index in [4.69, 9.17) is 10.5 Å². The maximum Gasteiger partial charge on any atom is 0.265 e. The molecule has 1 aromatic rings. The molecule has 0 aliphatic carbocycles. The van der Waals surface area contributed by atoms with Gasteiger partial charge in [-0.2, -0.15) is 0 Å². The van der Waals surface area contributed by atoms with Crippen molar-refractivity contribution < 1.29 is 13.9 Å². The maximum absolute atomic E-state index is 13.8. The number of nitrogens with one attached hydrogen (secondary N) is 1. The van der Waals surface area contributed by atoms with E-state index < -0.39 is 5.82 Å². The summed E-state index contributed by atoms with van der Waals surface area (Å²) in [6.07, 6.45) is 0. The van der Waals surface area contributed by atoms with Crippen LogP contribution in [0.1, 0.15) is 15.9 Å². The summed E-state index contributed by atoms with van der Waals surface area (Å²) in [5, 5.41) is 1.76. The molecule has 1 saturated heterocycles. The van der Waals surface area contributed by atoms with Crippen LogP contribution in [0.15, 0.2) is 18.2 Å². The summed E-state index contributed by atoms with van der Waals surface area (Å²) < 4.78 is 18.9. The minimum absolute atomic E-state index is 0.165. The van der Waals surface area contributed by atoms with E-state index in [0.29, 0.717) is 26.3 Å². The van der Waals surface area contributed by atoms with Crippen LogP contribution in [0.5, 0.6) is 0 Å². The standard InChI is InChI=1S/C14H16FN3O2/c15-13-10-12(4-3-11(13)2-1-5-16)14(19)17-18-6-8-20-9-7-18/h3-4,10H,5-9,16H2,(H,17,19). The number of amides is 1. The van der Waals surface area contributed by atoms with E-state index >= 15 is 0 Å². The molecule has 2 rings (SSSR count). The molecule has 0 aromatic heterocycles. The first-order valence-electron chi connectivity index (χ1n) is 6.33. The van der Waals surface area contributed by atoms with Gasteiger partial charge < -0.3 is 10.5 Å². The van der Waals surface area contributed by atoms with E-state index in [2.05, 4.69) is 17.3 Å². The van der Waals surface area contributed by atoms with Crippen molar-refractivity contribution in [1.29, 1.82) is 0 Å². The lowest BCUT2D eigenvalue weighted by molar-refractivity contribution is 0.0126. The molecule has 0 bridgehead atoms. The smallest absolute Gasteiger partial charge is 0.265 e. The molecule has 6 heteroatoms. The number of halogens is 1. The van der Waals surface area contributed by atoms with Gasteiger partial charge in [0.1, 0.15) is 5.82 Å². The van der Waals surface area contributed by atoms with Gasteiger partial charge in [-0.25, -0.2) is 9.40 Å². The number of ether oxygens (including phenoxy) is 1. The van der Waals surface area contributed by atoms with Gasteiger partial charge in [-0.1, -0.05) is 11.8 Å². The van der Waals surface area contributed by atoms with Crippen LogP contribution < -0.4 is 11.2 Å². The largest absolute Gasteiger partial charge is 0.379 e. The number of carbonyl (C=O) groups is 1. The van der Waals surface area contributed by atoms with E-state index in [1.807, 2.05) is 0 Å². The quantitative estimate of drug-likeness (QED) is 0.753. The van der Waals surface area contributed by atoms with Crippen LogP contribution in [0.4, 0.5) is 4.39 Å². The Morgan fingerprint density at radius 2 is 2.20 bits per heavy atom. The molecule has 0 spiro atoms. The Labute approximate surface area is 116 Å². The van der Waals surface area contributed by atoms with Gasteiger partial charge in [0.15, 0.2) is 0 Å². The summed E-state index contributed by atoms with van der Waals surface area (Å²) in [6, 6.07) is 4.20. The highest BCUT2D eigenvalue weighted by Crippen LogP contribution is 2.10. The Kier molecular flexibility index (Phi) is 5.07. The van der Waals surface area contributed by atoms with Gasteiger partial charge in [-0.15, -0.1) is 0 Å². The Bertz CT molecular complexity index is 545. The molecule has 106 valence electrons. The van der Waals surface area contributed by atoms with E-state index in [0.717, 1.165) is 0 Å². The molecule has 1 aliphatic heterocycles. The summed E-state index contributed by atoms with van der Waals surface area (Å²) in [5.74, 6) is 4.32. The first-order valence-corrected chi connectivity index (χ1v) is 6.33. The fourth-order valence-corrected chi connectivity index (χ4v) is 1.79. The van der Waals surface area contributed by atoms with Crippen molar-refractivity contribution in [2.24, 2.45) is 5.73 Å². The highest BCUT2D eigenvalue weighted by Gasteiger charge is 2.15. The highest BCUT2D eigenvalue weighted by molar-refractivity contribution is 5.94. The SMILES string of the molecule is NCC#Cc1ccc(C(=O)NN2CCOCC2)cc1F. The Balaban J connectivity index is 2.04. The summed E-state index contributed by atoms with van der Waals surface area (Å²) in [6.45, 7) is 2.55. The van der Waals surface area contributed by atoms with Crippen molar-refractivity contribution in [3.8, 4) is 11.8 Å². The predicted octanol–water partition coefficient (Wildman–Crippen LogP) is 0.113. The third kappa shape index (κ3) is 3.78. The number of hydrogen-bond acceptors (Lipinski definition) is 4. The lowest BCUT2D eigenvalue weighted by Crippen LogP contribution is -2.48. The fourth-order valence-electron chi connectivity index (χ4n) is 1.79. The average molecular weight is 277 g/mol. The predicted molar refractivity (Wildman–Crippen MR) is 72.2 cm³/mol. The van der Waals surface area contributed by atoms with Gasteiger partial charge in [-0.05, 0) is 18.2 Å². The molecule has 3 N–H and O–H groups in total. The minimum atomic E-state index is -0.527. The molecule has 1 amide bonds. The first-order chi connectivity index (χ1) is 9.70. The summed E-state index contributed by atoms with van der Waals surface area (Å²) in [7, 11) is 0. The monoisotopic (exact) mass is 277 g/mol. The number of hydrazine groups is 1. The van der Waals surface area contributed by atoms with Crippen molar-refractivity contribution in [3.63, 3.8) is 0 Å². The second-order valence-corrected chi connectivity index (χ2v) is 4.24. The molecule has 0 saturated carbocycles. The molecule has 1 aromatic carbocycles. The minimum Gasteiger partial charge on any atom is -0.379 e. The van der Waals surface area contributed by atoms with Gasteiger partial charge >= 0.3 is 0 Å². The molecular formula is C14H16FN3O2. The van der Waals surface area contributed by atoms with E-state index in [1.54, 1.807) is 11.1 Å². The van der Waals surface area contributed by atoms with Crippen molar-refractivity contribution in [1.82, 2.24) is 10.4 Å². The average Bonchev–Trinajstić information content (AvgIpc) is 2.47. The number of carbonyl (C=O) groups excluding carboxylic acids is 1. The molecule has 0 unspecified atom stereocenters. The molecule has 0 radical (unpaired) electrons. The zero-order chi connectivity index (χ0) is 14.4. The topological polar surface area (TPSA) is 67.6 Å². The fraction of sp³-hybridized carbons (Fsp3) is 0.357. The third-order valence-corrected chi connectivity index (χ3v) is 2.83. The molecule has 1 fully saturated rings. The molecule has 5 nitrogen and oxygen atoms in total. The van der Waals surface area contributed by atoms with E-state index in [-0.39, 0.29) is 23.6 Å². The van der Waals surface area contributed by atoms with Crippen LogP contribution in [0.3, 0.4) is 0 Å². The highest BCUT2D eigenvalue weighted by atomic mass is 19.1. The van der Waals surface area contributed by atoms with Crippen LogP contribution in [-0.4, -0.2) is 43.8 Å². The Hall–Kier alpha value is -1.94. The summed E-state index contributed by atoms with van der Waals surface area (Å²) >= 11 is 0. The zero-order valence-electron chi connectivity index (χ0n) is 11.0. The van der Waals surface area contributed by atoms with Gasteiger partial charge in [0.05, 0.1) is 25.3 Å². The molecular weight excluding hydrogens is 261 g/mol. The lowest BCUT2D eigenvalue weighted by Gasteiger charge is -2.26. The molecule has 1 heterocycles. The van der Waals surface area contributed by atoms with Gasteiger partial charge in [-0.3, -0.25) is 10.2 Å². The van der Waals surface area contributed by atoms with Crippen LogP contribution in [0.2, 0.25) is 0 Å². The number of rotatable bonds is 2. The lowest BCUT2D eigenvalue weighted by atomic mass is 10.1. The first kappa shape index (κ1) is 14.5. The van der Waals surface area contributed by atoms with Gasteiger partial charge in [0.2, 0.25) is 0 Å². The van der Waals surface area contributed by atoms with Crippen LogP contribution >= 0.6 is 0 Å². The maximum atomic E-state index is 13.8. The van der Waals surface area contributed by atoms with Gasteiger partial charge in [0.25, 0.3) is 5.91 Å². The number of morpholine rings is 1. The second-order valence-electron chi connectivity index (χ2n) is 4.24. The van der Waals surface area contributed by atoms with Crippen LogP contribution in [0, 0.1) is 17.7 Å². The zero-order valence-corrected chi connectivity index (χ0v) is 11.0. The van der Waals surface area contributed by atoms with Crippen molar-refractivity contribution in [2.45, 2.75) is 0 Å². The van der Waals surface area contributed by atoms with E-state index in [9.17, 15) is 9.18 Å². The third-order valence-electron chi connectivity index (χ3n) is 2.83. The molecule has 20 heavy (non-hydrogen) atoms. The van der Waals surface area contributed by atoms with Crippen LogP contribution in [-0.2, 0) is 4.74 Å². The second kappa shape index (κ2) is 7.01. The number of benzene rings is 1. The van der Waals surface area contributed by atoms with Crippen molar-refractivity contribution in [3.05, 3.63) is 35.1 Å². The number of hydrogen-bond donors (Lipinski definition) is 2. The summed E-state index contributed by atoms with van der Waals surface area (Å²) in [5.41, 5.74) is 8.44. The molecule has 0 atom stereocenters. The van der Waals surface area contributed by atoms with Gasteiger partial charge in [0, 0.05) is 18.7 Å². The number of nitrogens with two attached hydrogens (primary N) is 1. The number of nitrogens with zero attached hydrogens (tertiary/aromatic N) is 1.